The van der Waals surface area contributed by atoms with Crippen LogP contribution in [0.5, 0.6) is 0 Å². The second-order valence-corrected chi connectivity index (χ2v) is 4.74. The molecule has 1 aliphatic carbocycles. The highest BCUT2D eigenvalue weighted by molar-refractivity contribution is 6.33. The molecule has 0 aromatic carbocycles. The van der Waals surface area contributed by atoms with Crippen LogP contribution in [0.1, 0.15) is 26.2 Å². The van der Waals surface area contributed by atoms with Gasteiger partial charge in [-0.2, -0.15) is 4.98 Å². The van der Waals surface area contributed by atoms with Crippen molar-refractivity contribution >= 4 is 29.0 Å². The molecule has 1 saturated carbocycles. The molecule has 5 heteroatoms. The van der Waals surface area contributed by atoms with Gasteiger partial charge in [0.15, 0.2) is 0 Å². The van der Waals surface area contributed by atoms with Crippen LogP contribution in [-0.4, -0.2) is 16.0 Å². The summed E-state index contributed by atoms with van der Waals surface area (Å²) in [6.45, 7) is 2.24. The van der Waals surface area contributed by atoms with Gasteiger partial charge in [0.1, 0.15) is 10.8 Å². The minimum atomic E-state index is 0.229. The van der Waals surface area contributed by atoms with E-state index < -0.39 is 0 Å². The maximum Gasteiger partial charge on any atom is 0.224 e. The number of hydrogen-bond donors (Lipinski definition) is 1. The highest BCUT2D eigenvalue weighted by Gasteiger charge is 2.24. The van der Waals surface area contributed by atoms with Crippen LogP contribution in [0.25, 0.3) is 0 Å². The summed E-state index contributed by atoms with van der Waals surface area (Å²) in [7, 11) is 0. The molecule has 1 aliphatic rings. The van der Waals surface area contributed by atoms with Gasteiger partial charge >= 0.3 is 0 Å². The predicted molar refractivity (Wildman–Crippen MR) is 62.5 cm³/mol. The molecule has 0 aliphatic heterocycles. The number of rotatable bonds is 2. The van der Waals surface area contributed by atoms with Crippen molar-refractivity contribution in [2.24, 2.45) is 5.92 Å². The van der Waals surface area contributed by atoms with E-state index in [1.165, 1.54) is 25.5 Å². The van der Waals surface area contributed by atoms with Crippen molar-refractivity contribution in [2.45, 2.75) is 32.2 Å². The molecule has 2 rings (SSSR count). The van der Waals surface area contributed by atoms with Gasteiger partial charge < -0.3 is 5.32 Å². The zero-order chi connectivity index (χ0) is 10.8. The average molecular weight is 246 g/mol. The van der Waals surface area contributed by atoms with E-state index in [-0.39, 0.29) is 5.28 Å². The Kier molecular flexibility index (Phi) is 3.32. The van der Waals surface area contributed by atoms with Crippen LogP contribution in [-0.2, 0) is 0 Å². The molecule has 82 valence electrons. The minimum absolute atomic E-state index is 0.229. The monoisotopic (exact) mass is 245 g/mol. The van der Waals surface area contributed by atoms with Crippen LogP contribution in [0.3, 0.4) is 0 Å². The van der Waals surface area contributed by atoms with E-state index in [9.17, 15) is 0 Å². The van der Waals surface area contributed by atoms with Crippen molar-refractivity contribution in [2.75, 3.05) is 5.32 Å². The molecule has 3 nitrogen and oxygen atoms in total. The van der Waals surface area contributed by atoms with Crippen molar-refractivity contribution in [3.8, 4) is 0 Å². The lowest BCUT2D eigenvalue weighted by atomic mass is 10.1. The lowest BCUT2D eigenvalue weighted by molar-refractivity contribution is 0.555. The van der Waals surface area contributed by atoms with Crippen LogP contribution in [0, 0.1) is 5.92 Å². The molecule has 0 saturated heterocycles. The first kappa shape index (κ1) is 11.0. The first-order valence-electron chi connectivity index (χ1n) is 5.11. The summed E-state index contributed by atoms with van der Waals surface area (Å²) in [5, 5.41) is 4.09. The van der Waals surface area contributed by atoms with Crippen molar-refractivity contribution in [3.05, 3.63) is 16.5 Å². The Balaban J connectivity index is 2.12. The largest absolute Gasteiger partial charge is 0.366 e. The molecule has 1 N–H and O–H groups in total. The molecule has 1 heterocycles. The van der Waals surface area contributed by atoms with Crippen LogP contribution in [0.2, 0.25) is 10.3 Å². The van der Waals surface area contributed by atoms with E-state index in [0.29, 0.717) is 22.8 Å². The number of hydrogen-bond acceptors (Lipinski definition) is 3. The van der Waals surface area contributed by atoms with Crippen LogP contribution >= 0.6 is 23.2 Å². The Morgan fingerprint density at radius 2 is 2.20 bits per heavy atom. The lowest BCUT2D eigenvalue weighted by Gasteiger charge is -2.18. The maximum atomic E-state index is 5.98. The zero-order valence-electron chi connectivity index (χ0n) is 8.50. The zero-order valence-corrected chi connectivity index (χ0v) is 10.0. The predicted octanol–water partition coefficient (Wildman–Crippen LogP) is 3.38. The van der Waals surface area contributed by atoms with Crippen LogP contribution in [0.15, 0.2) is 6.20 Å². The molecule has 15 heavy (non-hydrogen) atoms. The molecule has 0 radical (unpaired) electrons. The third kappa shape index (κ3) is 2.52. The van der Waals surface area contributed by atoms with Gasteiger partial charge in [-0.25, -0.2) is 4.98 Å². The first-order valence-corrected chi connectivity index (χ1v) is 5.87. The normalized spacial score (nSPS) is 25.5. The molecule has 1 fully saturated rings. The quantitative estimate of drug-likeness (QED) is 0.813. The van der Waals surface area contributed by atoms with Crippen molar-refractivity contribution in [1.82, 2.24) is 9.97 Å². The summed E-state index contributed by atoms with van der Waals surface area (Å²) in [5.41, 5.74) is 0. The Morgan fingerprint density at radius 3 is 2.87 bits per heavy atom. The first-order chi connectivity index (χ1) is 7.16. The van der Waals surface area contributed by atoms with Crippen molar-refractivity contribution < 1.29 is 0 Å². The van der Waals surface area contributed by atoms with Gasteiger partial charge in [0.2, 0.25) is 5.28 Å². The number of nitrogens with zero attached hydrogens (tertiary/aromatic N) is 2. The maximum absolute atomic E-state index is 5.98. The number of anilines is 1. The van der Waals surface area contributed by atoms with Crippen LogP contribution in [0.4, 0.5) is 5.82 Å². The van der Waals surface area contributed by atoms with Gasteiger partial charge in [-0.15, -0.1) is 0 Å². The van der Waals surface area contributed by atoms with Crippen LogP contribution < -0.4 is 5.32 Å². The van der Waals surface area contributed by atoms with Crippen molar-refractivity contribution in [1.29, 1.82) is 0 Å². The van der Waals surface area contributed by atoms with Gasteiger partial charge in [-0.05, 0) is 30.4 Å². The highest BCUT2D eigenvalue weighted by atomic mass is 35.5. The van der Waals surface area contributed by atoms with Gasteiger partial charge in [0, 0.05) is 6.04 Å². The average Bonchev–Trinajstić information content (AvgIpc) is 2.58. The topological polar surface area (TPSA) is 37.8 Å². The second-order valence-electron chi connectivity index (χ2n) is 3.99. The molecular formula is C10H13Cl2N3. The molecule has 0 amide bonds. The van der Waals surface area contributed by atoms with E-state index in [1.54, 1.807) is 0 Å². The van der Waals surface area contributed by atoms with E-state index in [2.05, 4.69) is 22.2 Å². The standard InChI is InChI=1S/C10H13Cl2N3/c1-6-3-2-4-8(6)14-9-7(11)5-13-10(12)15-9/h5-6,8H,2-4H2,1H3,(H,13,14,15). The molecule has 1 aromatic rings. The summed E-state index contributed by atoms with van der Waals surface area (Å²) < 4.78 is 0. The van der Waals surface area contributed by atoms with E-state index in [1.807, 2.05) is 0 Å². The fraction of sp³-hybridized carbons (Fsp3) is 0.600. The Labute approximate surface area is 99.2 Å². The van der Waals surface area contributed by atoms with E-state index in [0.717, 1.165) is 0 Å². The molecule has 1 aromatic heterocycles. The smallest absolute Gasteiger partial charge is 0.224 e. The van der Waals surface area contributed by atoms with E-state index in [4.69, 9.17) is 23.2 Å². The molecule has 0 spiro atoms. The van der Waals surface area contributed by atoms with Gasteiger partial charge in [0.05, 0.1) is 6.20 Å². The Hall–Kier alpha value is -0.540. The lowest BCUT2D eigenvalue weighted by Crippen LogP contribution is -2.22. The highest BCUT2D eigenvalue weighted by Crippen LogP contribution is 2.29. The van der Waals surface area contributed by atoms with Gasteiger partial charge in [-0.3, -0.25) is 0 Å². The number of aromatic nitrogens is 2. The molecular weight excluding hydrogens is 233 g/mol. The second kappa shape index (κ2) is 4.54. The summed E-state index contributed by atoms with van der Waals surface area (Å²) in [6, 6.07) is 0.452. The van der Waals surface area contributed by atoms with Gasteiger partial charge in [0.25, 0.3) is 0 Å². The molecule has 2 atom stereocenters. The Bertz CT molecular complexity index is 357. The minimum Gasteiger partial charge on any atom is -0.366 e. The summed E-state index contributed by atoms with van der Waals surface area (Å²) in [4.78, 5) is 7.90. The summed E-state index contributed by atoms with van der Waals surface area (Å²) in [5.74, 6) is 1.31. The molecule has 2 unspecified atom stereocenters. The summed E-state index contributed by atoms with van der Waals surface area (Å²) >= 11 is 11.7. The van der Waals surface area contributed by atoms with Crippen molar-refractivity contribution in [3.63, 3.8) is 0 Å². The summed E-state index contributed by atoms with van der Waals surface area (Å²) in [6.07, 6.45) is 5.21. The Morgan fingerprint density at radius 1 is 1.40 bits per heavy atom. The SMILES string of the molecule is CC1CCCC1Nc1nc(Cl)ncc1Cl. The fourth-order valence-corrected chi connectivity index (χ4v) is 2.26. The third-order valence-electron chi connectivity index (χ3n) is 2.90. The fourth-order valence-electron chi connectivity index (χ4n) is 1.98. The number of halogens is 2. The van der Waals surface area contributed by atoms with Gasteiger partial charge in [-0.1, -0.05) is 24.9 Å². The number of nitrogens with one attached hydrogen (secondary N) is 1. The molecule has 0 bridgehead atoms. The van der Waals surface area contributed by atoms with E-state index >= 15 is 0 Å². The third-order valence-corrected chi connectivity index (χ3v) is 3.36.